The summed E-state index contributed by atoms with van der Waals surface area (Å²) in [5.74, 6) is -1.73. The third kappa shape index (κ3) is 5.19. The van der Waals surface area contributed by atoms with Gasteiger partial charge >= 0.3 is 12.1 Å². The minimum Gasteiger partial charge on any atom is -0.480 e. The summed E-state index contributed by atoms with van der Waals surface area (Å²) in [5, 5.41) is 12.0. The van der Waals surface area contributed by atoms with Crippen molar-refractivity contribution in [3.8, 4) is 11.1 Å². The molecule has 2 atom stereocenters. The number of hydrogen-bond acceptors (Lipinski definition) is 4. The highest BCUT2D eigenvalue weighted by molar-refractivity contribution is 5.89. The van der Waals surface area contributed by atoms with Crippen LogP contribution in [-0.2, 0) is 20.7 Å². The molecule has 3 aromatic carbocycles. The van der Waals surface area contributed by atoms with Gasteiger partial charge in [-0.2, -0.15) is 0 Å². The summed E-state index contributed by atoms with van der Waals surface area (Å²) in [6.07, 6.45) is -0.516. The number of ether oxygens (including phenoxy) is 1. The van der Waals surface area contributed by atoms with Gasteiger partial charge in [-0.25, -0.2) is 9.59 Å². The van der Waals surface area contributed by atoms with Crippen LogP contribution in [0.15, 0.2) is 78.9 Å². The molecular weight excluding hydrogens is 444 g/mol. The van der Waals surface area contributed by atoms with Crippen LogP contribution in [-0.4, -0.2) is 53.7 Å². The highest BCUT2D eigenvalue weighted by Gasteiger charge is 2.32. The first-order valence-electron chi connectivity index (χ1n) is 11.5. The van der Waals surface area contributed by atoms with Crippen molar-refractivity contribution in [3.05, 3.63) is 95.6 Å². The average molecular weight is 473 g/mol. The van der Waals surface area contributed by atoms with Crippen molar-refractivity contribution in [3.63, 3.8) is 0 Å². The van der Waals surface area contributed by atoms with Crippen molar-refractivity contribution in [1.82, 2.24) is 10.2 Å². The number of amides is 2. The summed E-state index contributed by atoms with van der Waals surface area (Å²) in [4.78, 5) is 38.5. The molecule has 0 radical (unpaired) electrons. The van der Waals surface area contributed by atoms with E-state index in [9.17, 15) is 19.5 Å². The summed E-state index contributed by atoms with van der Waals surface area (Å²) < 4.78 is 5.61. The molecule has 0 saturated carbocycles. The molecule has 0 aromatic heterocycles. The molecule has 0 fully saturated rings. The Bertz CT molecular complexity index is 1180. The SMILES string of the molecule is CC(C(=O)O)N(C)C(=O)[C@@H](Cc1ccccc1)NC(=O)OCC1c2ccccc2-c2ccccc21. The van der Waals surface area contributed by atoms with Gasteiger partial charge in [-0.05, 0) is 34.7 Å². The third-order valence-electron chi connectivity index (χ3n) is 6.50. The molecule has 0 bridgehead atoms. The van der Waals surface area contributed by atoms with Gasteiger partial charge in [0.25, 0.3) is 0 Å². The topological polar surface area (TPSA) is 95.9 Å². The number of carbonyl (C=O) groups is 3. The van der Waals surface area contributed by atoms with Crippen LogP contribution in [0.4, 0.5) is 4.79 Å². The number of nitrogens with one attached hydrogen (secondary N) is 1. The molecule has 0 spiro atoms. The molecule has 1 unspecified atom stereocenters. The van der Waals surface area contributed by atoms with E-state index < -0.39 is 30.1 Å². The van der Waals surface area contributed by atoms with E-state index in [0.717, 1.165) is 32.7 Å². The Kier molecular flexibility index (Phi) is 7.15. The van der Waals surface area contributed by atoms with Crippen molar-refractivity contribution < 1.29 is 24.2 Å². The van der Waals surface area contributed by atoms with Crippen molar-refractivity contribution in [2.45, 2.75) is 31.3 Å². The fourth-order valence-corrected chi connectivity index (χ4v) is 4.43. The first kappa shape index (κ1) is 24.0. The van der Waals surface area contributed by atoms with Crippen LogP contribution in [0.5, 0.6) is 0 Å². The molecule has 3 aromatic rings. The lowest BCUT2D eigenvalue weighted by molar-refractivity contribution is -0.148. The Morgan fingerprint density at radius 2 is 1.46 bits per heavy atom. The Balaban J connectivity index is 1.48. The summed E-state index contributed by atoms with van der Waals surface area (Å²) in [6, 6.07) is 23.3. The van der Waals surface area contributed by atoms with Crippen molar-refractivity contribution >= 4 is 18.0 Å². The molecule has 7 nitrogen and oxygen atoms in total. The molecule has 2 amide bonds. The van der Waals surface area contributed by atoms with E-state index in [4.69, 9.17) is 4.74 Å². The minimum atomic E-state index is -1.12. The Labute approximate surface area is 204 Å². The zero-order valence-electron chi connectivity index (χ0n) is 19.7. The molecule has 1 aliphatic carbocycles. The normalized spacial score (nSPS) is 13.8. The van der Waals surface area contributed by atoms with Crippen molar-refractivity contribution in [1.29, 1.82) is 0 Å². The molecule has 35 heavy (non-hydrogen) atoms. The van der Waals surface area contributed by atoms with E-state index in [-0.39, 0.29) is 18.9 Å². The standard InChI is InChI=1S/C28H28N2O5/c1-18(27(32)33)30(2)26(31)25(16-19-10-4-3-5-11-19)29-28(34)35-17-24-22-14-8-6-12-20(22)21-13-7-9-15-23(21)24/h3-15,18,24-25H,16-17H2,1-2H3,(H,29,34)(H,32,33)/t18?,25-/m1/s1. The van der Waals surface area contributed by atoms with E-state index in [1.54, 1.807) is 0 Å². The van der Waals surface area contributed by atoms with E-state index >= 15 is 0 Å². The fraction of sp³-hybridized carbons (Fsp3) is 0.250. The number of fused-ring (bicyclic) bond motifs is 3. The van der Waals surface area contributed by atoms with Crippen LogP contribution in [0.3, 0.4) is 0 Å². The number of likely N-dealkylation sites (N-methyl/N-ethyl adjacent to an activating group) is 1. The number of carboxylic acids is 1. The van der Waals surface area contributed by atoms with Crippen LogP contribution in [0.2, 0.25) is 0 Å². The van der Waals surface area contributed by atoms with Gasteiger partial charge in [0.05, 0.1) is 0 Å². The zero-order valence-corrected chi connectivity index (χ0v) is 19.7. The summed E-state index contributed by atoms with van der Waals surface area (Å²) >= 11 is 0. The molecule has 0 saturated heterocycles. The second-order valence-corrected chi connectivity index (χ2v) is 8.68. The first-order valence-corrected chi connectivity index (χ1v) is 11.5. The van der Waals surface area contributed by atoms with Gasteiger partial charge in [-0.15, -0.1) is 0 Å². The Morgan fingerprint density at radius 1 is 0.914 bits per heavy atom. The Hall–Kier alpha value is -4.13. The summed E-state index contributed by atoms with van der Waals surface area (Å²) in [5.41, 5.74) is 5.26. The highest BCUT2D eigenvalue weighted by atomic mass is 16.5. The number of aliphatic carboxylic acids is 1. The monoisotopic (exact) mass is 472 g/mol. The third-order valence-corrected chi connectivity index (χ3v) is 6.50. The van der Waals surface area contributed by atoms with Gasteiger partial charge in [0.2, 0.25) is 5.91 Å². The summed E-state index contributed by atoms with van der Waals surface area (Å²) in [7, 11) is 1.42. The van der Waals surface area contributed by atoms with Gasteiger partial charge in [-0.3, -0.25) is 4.79 Å². The van der Waals surface area contributed by atoms with E-state index in [1.807, 2.05) is 66.7 Å². The molecule has 0 aliphatic heterocycles. The van der Waals surface area contributed by atoms with E-state index in [1.165, 1.54) is 14.0 Å². The molecule has 0 heterocycles. The van der Waals surface area contributed by atoms with Crippen molar-refractivity contribution in [2.75, 3.05) is 13.7 Å². The second kappa shape index (κ2) is 10.4. The number of alkyl carbamates (subject to hydrolysis) is 1. The number of carbonyl (C=O) groups excluding carboxylic acids is 2. The van der Waals surface area contributed by atoms with Crippen LogP contribution in [0, 0.1) is 0 Å². The lowest BCUT2D eigenvalue weighted by Crippen LogP contribution is -2.52. The Morgan fingerprint density at radius 3 is 2.03 bits per heavy atom. The number of nitrogens with zero attached hydrogens (tertiary/aromatic N) is 1. The van der Waals surface area contributed by atoms with Gasteiger partial charge in [0, 0.05) is 19.4 Å². The lowest BCUT2D eigenvalue weighted by atomic mass is 9.98. The van der Waals surface area contributed by atoms with Gasteiger partial charge < -0.3 is 20.1 Å². The maximum Gasteiger partial charge on any atom is 0.407 e. The first-order chi connectivity index (χ1) is 16.9. The fourth-order valence-electron chi connectivity index (χ4n) is 4.43. The van der Waals surface area contributed by atoms with Crippen LogP contribution in [0.1, 0.15) is 29.5 Å². The van der Waals surface area contributed by atoms with Gasteiger partial charge in [0.1, 0.15) is 18.7 Å². The molecule has 4 rings (SSSR count). The summed E-state index contributed by atoms with van der Waals surface area (Å²) in [6.45, 7) is 1.54. The predicted octanol–water partition coefficient (Wildman–Crippen LogP) is 4.07. The number of hydrogen-bond donors (Lipinski definition) is 2. The molecule has 180 valence electrons. The largest absolute Gasteiger partial charge is 0.480 e. The zero-order chi connectivity index (χ0) is 24.9. The van der Waals surface area contributed by atoms with Crippen LogP contribution < -0.4 is 5.32 Å². The number of carboxylic acid groups (broad SMARTS) is 1. The number of benzene rings is 3. The van der Waals surface area contributed by atoms with E-state index in [2.05, 4.69) is 17.4 Å². The van der Waals surface area contributed by atoms with Crippen molar-refractivity contribution in [2.24, 2.45) is 0 Å². The minimum absolute atomic E-state index is 0.105. The molecule has 7 heteroatoms. The van der Waals surface area contributed by atoms with Gasteiger partial charge in [0.15, 0.2) is 0 Å². The van der Waals surface area contributed by atoms with E-state index in [0.29, 0.717) is 0 Å². The molecule has 1 aliphatic rings. The van der Waals surface area contributed by atoms with Crippen LogP contribution in [0.25, 0.3) is 11.1 Å². The predicted molar refractivity (Wildman–Crippen MR) is 132 cm³/mol. The number of rotatable bonds is 8. The maximum absolute atomic E-state index is 13.1. The lowest BCUT2D eigenvalue weighted by Gasteiger charge is -2.27. The highest BCUT2D eigenvalue weighted by Crippen LogP contribution is 2.44. The smallest absolute Gasteiger partial charge is 0.407 e. The molecule has 2 N–H and O–H groups in total. The average Bonchev–Trinajstić information content (AvgIpc) is 3.20. The van der Waals surface area contributed by atoms with Crippen LogP contribution >= 0.6 is 0 Å². The maximum atomic E-state index is 13.1. The van der Waals surface area contributed by atoms with Gasteiger partial charge in [-0.1, -0.05) is 78.9 Å². The molecular formula is C28H28N2O5. The second-order valence-electron chi connectivity index (χ2n) is 8.68. The quantitative estimate of drug-likeness (QED) is 0.515.